The molecule has 0 fully saturated rings. The van der Waals surface area contributed by atoms with Crippen LogP contribution in [0.2, 0.25) is 0 Å². The molecule has 0 rings (SSSR count). The second kappa shape index (κ2) is 41.6. The Labute approximate surface area is 363 Å². The van der Waals surface area contributed by atoms with Gasteiger partial charge >= 0.3 is 11.9 Å². The monoisotopic (exact) mass is 854 g/mol. The molecule has 0 saturated heterocycles. The summed E-state index contributed by atoms with van der Waals surface area (Å²) in [7, 11) is 1.15. The van der Waals surface area contributed by atoms with Gasteiger partial charge in [0, 0.05) is 12.8 Å². The van der Waals surface area contributed by atoms with E-state index >= 15 is 0 Å². The first-order valence-corrected chi connectivity index (χ1v) is 25.7. The molecule has 2 atom stereocenters. The number of unbranched alkanes of at least 4 members (excludes halogenated alkanes) is 24. The maximum atomic E-state index is 12.7. The molecule has 1 unspecified atom stereocenters. The van der Waals surface area contributed by atoms with E-state index in [1.807, 2.05) is 21.1 Å². The summed E-state index contributed by atoms with van der Waals surface area (Å²) < 4.78 is 34.0. The summed E-state index contributed by atoms with van der Waals surface area (Å²) >= 11 is 0. The van der Waals surface area contributed by atoms with Gasteiger partial charge in [0.25, 0.3) is 7.82 Å². The largest absolute Gasteiger partial charge is 0.756 e. The first kappa shape index (κ1) is 57.2. The quantitative estimate of drug-likeness (QED) is 0.0196. The summed E-state index contributed by atoms with van der Waals surface area (Å²) in [4.78, 5) is 37.6. The maximum absolute atomic E-state index is 12.7. The van der Waals surface area contributed by atoms with Crippen LogP contribution in [0, 0.1) is 0 Å². The van der Waals surface area contributed by atoms with Crippen molar-refractivity contribution in [2.45, 2.75) is 219 Å². The highest BCUT2D eigenvalue weighted by Gasteiger charge is 2.21. The minimum absolute atomic E-state index is 0.0346. The van der Waals surface area contributed by atoms with Crippen molar-refractivity contribution >= 4 is 19.8 Å². The zero-order chi connectivity index (χ0) is 43.6. The number of carbonyl (C=O) groups excluding carboxylic acids is 2. The van der Waals surface area contributed by atoms with E-state index in [9.17, 15) is 19.0 Å². The molecule has 0 aromatic heterocycles. The van der Waals surface area contributed by atoms with Crippen LogP contribution in [0.1, 0.15) is 213 Å². The van der Waals surface area contributed by atoms with Crippen molar-refractivity contribution in [2.75, 3.05) is 47.5 Å². The van der Waals surface area contributed by atoms with E-state index in [1.165, 1.54) is 122 Å². The van der Waals surface area contributed by atoms with E-state index < -0.39 is 26.5 Å². The Morgan fingerprint density at radius 2 is 0.915 bits per heavy atom. The van der Waals surface area contributed by atoms with Gasteiger partial charge in [-0.3, -0.25) is 14.2 Å². The van der Waals surface area contributed by atoms with Crippen LogP contribution in [0.5, 0.6) is 0 Å². The topological polar surface area (TPSA) is 111 Å². The average molecular weight is 854 g/mol. The standard InChI is InChI=1S/C49H92NO8P/c1-6-8-10-12-14-16-18-20-22-24-26-27-29-31-33-35-37-39-41-48(51)55-45-47(46-57-59(53,54)56-44-43-50(3,4)5)58-49(52)42-40-38-36-34-32-30-28-25-23-21-19-17-15-13-11-9-7-2/h15,17,21,23,28,30,47H,6-14,16,18-20,22,24-27,29,31-46H2,1-5H3/b17-15-,23-21-,30-28-/t47-/m1/s1. The molecule has 0 spiro atoms. The number of hydrogen-bond donors (Lipinski definition) is 0. The van der Waals surface area contributed by atoms with Gasteiger partial charge in [-0.05, 0) is 51.4 Å². The predicted molar refractivity (Wildman–Crippen MR) is 245 cm³/mol. The zero-order valence-corrected chi connectivity index (χ0v) is 39.8. The number of phosphoric acid groups is 1. The predicted octanol–water partition coefficient (Wildman–Crippen LogP) is 13.5. The van der Waals surface area contributed by atoms with E-state index in [0.717, 1.165) is 57.8 Å². The lowest BCUT2D eigenvalue weighted by molar-refractivity contribution is -0.870. The Balaban J connectivity index is 4.32. The van der Waals surface area contributed by atoms with Gasteiger partial charge in [0.15, 0.2) is 6.10 Å². The summed E-state index contributed by atoms with van der Waals surface area (Å²) in [6, 6.07) is 0. The molecule has 0 bridgehead atoms. The van der Waals surface area contributed by atoms with Crippen molar-refractivity contribution in [1.29, 1.82) is 0 Å². The Hall–Kier alpha value is -1.77. The molecule has 0 aliphatic carbocycles. The molecule has 0 heterocycles. The molecular weight excluding hydrogens is 762 g/mol. The number of hydrogen-bond acceptors (Lipinski definition) is 8. The third-order valence-electron chi connectivity index (χ3n) is 10.4. The van der Waals surface area contributed by atoms with Crippen LogP contribution >= 0.6 is 7.82 Å². The lowest BCUT2D eigenvalue weighted by Gasteiger charge is -2.28. The molecule has 0 aliphatic heterocycles. The number of quaternary nitrogens is 1. The normalized spacial score (nSPS) is 13.8. The fourth-order valence-electron chi connectivity index (χ4n) is 6.60. The van der Waals surface area contributed by atoms with Crippen LogP contribution in [0.15, 0.2) is 36.5 Å². The number of rotatable bonds is 44. The Bertz CT molecular complexity index is 1100. The molecule has 0 aliphatic rings. The third kappa shape index (κ3) is 45.6. The number of esters is 2. The fraction of sp³-hybridized carbons (Fsp3) is 0.837. The Morgan fingerprint density at radius 3 is 1.39 bits per heavy atom. The van der Waals surface area contributed by atoms with Crippen molar-refractivity contribution in [1.82, 2.24) is 0 Å². The van der Waals surface area contributed by atoms with Crippen molar-refractivity contribution in [2.24, 2.45) is 0 Å². The van der Waals surface area contributed by atoms with E-state index in [4.69, 9.17) is 18.5 Å². The van der Waals surface area contributed by atoms with Gasteiger partial charge in [0.05, 0.1) is 27.7 Å². The van der Waals surface area contributed by atoms with E-state index in [1.54, 1.807) is 0 Å². The van der Waals surface area contributed by atoms with Gasteiger partial charge in [-0.1, -0.05) is 185 Å². The van der Waals surface area contributed by atoms with E-state index in [0.29, 0.717) is 17.4 Å². The first-order chi connectivity index (χ1) is 28.5. The molecule has 0 radical (unpaired) electrons. The van der Waals surface area contributed by atoms with Crippen molar-refractivity contribution < 1.29 is 42.1 Å². The molecule has 9 nitrogen and oxygen atoms in total. The summed E-state index contributed by atoms with van der Waals surface area (Å²) in [5, 5.41) is 0. The summed E-state index contributed by atoms with van der Waals surface area (Å²) in [6.07, 6.45) is 47.4. The van der Waals surface area contributed by atoms with Gasteiger partial charge in [-0.25, -0.2) is 0 Å². The first-order valence-electron chi connectivity index (χ1n) is 24.2. The number of allylic oxidation sites excluding steroid dienone is 6. The molecule has 59 heavy (non-hydrogen) atoms. The van der Waals surface area contributed by atoms with E-state index in [-0.39, 0.29) is 32.0 Å². The van der Waals surface area contributed by atoms with Crippen molar-refractivity contribution in [3.8, 4) is 0 Å². The molecule has 0 amide bonds. The smallest absolute Gasteiger partial charge is 0.306 e. The van der Waals surface area contributed by atoms with Gasteiger partial charge in [-0.15, -0.1) is 0 Å². The molecule has 0 N–H and O–H groups in total. The highest BCUT2D eigenvalue weighted by molar-refractivity contribution is 7.45. The van der Waals surface area contributed by atoms with Crippen LogP contribution in [0.4, 0.5) is 0 Å². The van der Waals surface area contributed by atoms with Crippen LogP contribution in [-0.2, 0) is 32.7 Å². The molecular formula is C49H92NO8P. The average Bonchev–Trinajstić information content (AvgIpc) is 3.19. The zero-order valence-electron chi connectivity index (χ0n) is 39.0. The second-order valence-electron chi connectivity index (χ2n) is 17.5. The van der Waals surface area contributed by atoms with Gasteiger partial charge < -0.3 is 27.9 Å². The van der Waals surface area contributed by atoms with Crippen LogP contribution < -0.4 is 4.89 Å². The van der Waals surface area contributed by atoms with Gasteiger partial charge in [-0.2, -0.15) is 0 Å². The number of likely N-dealkylation sites (N-methyl/N-ethyl adjacent to an activating group) is 1. The van der Waals surface area contributed by atoms with Gasteiger partial charge in [0.1, 0.15) is 19.8 Å². The molecule has 10 heteroatoms. The van der Waals surface area contributed by atoms with Crippen LogP contribution in [0.25, 0.3) is 0 Å². The summed E-state index contributed by atoms with van der Waals surface area (Å²) in [5.74, 6) is -0.852. The highest BCUT2D eigenvalue weighted by atomic mass is 31.2. The second-order valence-corrected chi connectivity index (χ2v) is 18.9. The van der Waals surface area contributed by atoms with E-state index in [2.05, 4.69) is 50.3 Å². The fourth-order valence-corrected chi connectivity index (χ4v) is 7.33. The van der Waals surface area contributed by atoms with Crippen molar-refractivity contribution in [3.63, 3.8) is 0 Å². The van der Waals surface area contributed by atoms with Crippen LogP contribution in [-0.4, -0.2) is 70.0 Å². The SMILES string of the molecule is CCCCC/C=C\C/C=C\C/C=C\CCCCCCC(=O)O[C@H](COC(=O)CCCCCCCCCCCCCCCCCCCC)COP(=O)([O-])OCC[N+](C)(C)C. The Kier molecular flexibility index (Phi) is 40.3. The highest BCUT2D eigenvalue weighted by Crippen LogP contribution is 2.38. The lowest BCUT2D eigenvalue weighted by atomic mass is 10.0. The number of phosphoric ester groups is 1. The molecule has 0 aromatic rings. The summed E-state index contributed by atoms with van der Waals surface area (Å²) in [6.45, 7) is 4.20. The number of nitrogens with zero attached hydrogens (tertiary/aromatic N) is 1. The van der Waals surface area contributed by atoms with Crippen LogP contribution in [0.3, 0.4) is 0 Å². The molecule has 0 saturated carbocycles. The third-order valence-corrected chi connectivity index (χ3v) is 11.4. The Morgan fingerprint density at radius 1 is 0.525 bits per heavy atom. The summed E-state index contributed by atoms with van der Waals surface area (Å²) in [5.41, 5.74) is 0. The maximum Gasteiger partial charge on any atom is 0.306 e. The van der Waals surface area contributed by atoms with Crippen molar-refractivity contribution in [3.05, 3.63) is 36.5 Å². The van der Waals surface area contributed by atoms with Gasteiger partial charge in [0.2, 0.25) is 0 Å². The minimum atomic E-state index is -4.63. The number of ether oxygens (including phenoxy) is 2. The number of carbonyl (C=O) groups is 2. The lowest BCUT2D eigenvalue weighted by Crippen LogP contribution is -2.37. The molecule has 0 aromatic carbocycles. The minimum Gasteiger partial charge on any atom is -0.756 e. The molecule has 346 valence electrons.